The molecule has 0 amide bonds. The zero-order valence-corrected chi connectivity index (χ0v) is 15.7. The van der Waals surface area contributed by atoms with Gasteiger partial charge in [0.05, 0.1) is 17.3 Å². The van der Waals surface area contributed by atoms with Crippen LogP contribution >= 0.6 is 0 Å². The third kappa shape index (κ3) is 2.14. The molecule has 0 radical (unpaired) electrons. The van der Waals surface area contributed by atoms with Crippen LogP contribution in [0.2, 0.25) is 0 Å². The van der Waals surface area contributed by atoms with E-state index in [9.17, 15) is 20.1 Å². The van der Waals surface area contributed by atoms with Crippen molar-refractivity contribution in [3.63, 3.8) is 0 Å². The van der Waals surface area contributed by atoms with E-state index in [4.69, 9.17) is 0 Å². The molecule has 4 fully saturated rings. The molecule has 0 aromatic heterocycles. The first-order chi connectivity index (χ1) is 11.7. The molecule has 4 nitrogen and oxygen atoms in total. The van der Waals surface area contributed by atoms with Crippen molar-refractivity contribution < 1.29 is 20.1 Å². The molecular weight excluding hydrogens is 316 g/mol. The molecule has 0 aliphatic heterocycles. The second-order valence-electron chi connectivity index (χ2n) is 10.1. The van der Waals surface area contributed by atoms with E-state index in [2.05, 4.69) is 6.92 Å². The molecule has 8 atom stereocenters. The highest BCUT2D eigenvalue weighted by Crippen LogP contribution is 2.70. The molecule has 142 valence electrons. The second-order valence-corrected chi connectivity index (χ2v) is 10.1. The molecule has 4 aliphatic rings. The zero-order valence-electron chi connectivity index (χ0n) is 15.7. The molecule has 4 heteroatoms. The molecule has 0 saturated heterocycles. The van der Waals surface area contributed by atoms with Gasteiger partial charge < -0.3 is 20.1 Å². The normalized spacial score (nSPS) is 58.1. The Hall–Kier alpha value is -0.450. The number of aldehydes is 1. The summed E-state index contributed by atoms with van der Waals surface area (Å²) in [6.45, 7) is 4.41. The standard InChI is InChI=1S/C21H34O4/c1-18-7-5-15(23)13-14(18)3-4-17-16(18)6-8-19(2)20(24,11-12-22)9-10-21(17,19)25/h12,14-17,23-25H,3-11,13H2,1-2H3/t14-,15+,16+,17-,18+,19-,20-,21+/m1/s1. The summed E-state index contributed by atoms with van der Waals surface area (Å²) >= 11 is 0. The van der Waals surface area contributed by atoms with E-state index in [1.54, 1.807) is 0 Å². The maximum Gasteiger partial charge on any atom is 0.122 e. The van der Waals surface area contributed by atoms with Gasteiger partial charge in [0.15, 0.2) is 0 Å². The number of rotatable bonds is 2. The Morgan fingerprint density at radius 1 is 0.960 bits per heavy atom. The zero-order chi connectivity index (χ0) is 18.1. The van der Waals surface area contributed by atoms with E-state index < -0.39 is 16.6 Å². The van der Waals surface area contributed by atoms with Crippen molar-refractivity contribution in [2.45, 2.75) is 95.4 Å². The van der Waals surface area contributed by atoms with Crippen molar-refractivity contribution in [3.05, 3.63) is 0 Å². The lowest BCUT2D eigenvalue weighted by atomic mass is 9.43. The molecule has 4 saturated carbocycles. The molecule has 3 N–H and O–H groups in total. The Labute approximate surface area is 151 Å². The van der Waals surface area contributed by atoms with Crippen LogP contribution in [0.25, 0.3) is 0 Å². The second kappa shape index (κ2) is 5.53. The monoisotopic (exact) mass is 350 g/mol. The molecule has 25 heavy (non-hydrogen) atoms. The van der Waals surface area contributed by atoms with Crippen molar-refractivity contribution in [1.82, 2.24) is 0 Å². The van der Waals surface area contributed by atoms with Crippen LogP contribution in [0.1, 0.15) is 78.1 Å². The summed E-state index contributed by atoms with van der Waals surface area (Å²) in [5.74, 6) is 1.24. The average Bonchev–Trinajstić information content (AvgIpc) is 2.77. The minimum Gasteiger partial charge on any atom is -0.393 e. The average molecular weight is 350 g/mol. The summed E-state index contributed by atoms with van der Waals surface area (Å²) in [5, 5.41) is 33.2. The van der Waals surface area contributed by atoms with E-state index in [-0.39, 0.29) is 23.9 Å². The highest BCUT2D eigenvalue weighted by atomic mass is 16.3. The maximum atomic E-state index is 11.9. The Morgan fingerprint density at radius 2 is 1.72 bits per heavy atom. The van der Waals surface area contributed by atoms with Crippen LogP contribution in [0.3, 0.4) is 0 Å². The van der Waals surface area contributed by atoms with E-state index in [0.717, 1.165) is 51.2 Å². The molecule has 0 unspecified atom stereocenters. The van der Waals surface area contributed by atoms with Crippen LogP contribution in [0.4, 0.5) is 0 Å². The molecule has 4 aliphatic carbocycles. The van der Waals surface area contributed by atoms with Gasteiger partial charge in [-0.2, -0.15) is 0 Å². The van der Waals surface area contributed by atoms with Gasteiger partial charge in [0.2, 0.25) is 0 Å². The highest BCUT2D eigenvalue weighted by molar-refractivity contribution is 5.52. The van der Waals surface area contributed by atoms with Gasteiger partial charge in [-0.1, -0.05) is 13.8 Å². The van der Waals surface area contributed by atoms with Crippen LogP contribution in [-0.2, 0) is 4.79 Å². The van der Waals surface area contributed by atoms with E-state index in [1.165, 1.54) is 0 Å². The topological polar surface area (TPSA) is 77.8 Å². The van der Waals surface area contributed by atoms with Gasteiger partial charge in [-0.25, -0.2) is 0 Å². The fourth-order valence-electron chi connectivity index (χ4n) is 7.78. The van der Waals surface area contributed by atoms with Gasteiger partial charge in [-0.05, 0) is 81.0 Å². The van der Waals surface area contributed by atoms with Crippen molar-refractivity contribution in [1.29, 1.82) is 0 Å². The number of fused-ring (bicyclic) bond motifs is 5. The smallest absolute Gasteiger partial charge is 0.122 e. The maximum absolute atomic E-state index is 11.9. The van der Waals surface area contributed by atoms with E-state index >= 15 is 0 Å². The summed E-state index contributed by atoms with van der Waals surface area (Å²) in [7, 11) is 0. The molecule has 0 aromatic carbocycles. The van der Waals surface area contributed by atoms with Crippen molar-refractivity contribution in [3.8, 4) is 0 Å². The summed E-state index contributed by atoms with van der Waals surface area (Å²) in [4.78, 5) is 11.2. The third-order valence-corrected chi connectivity index (χ3v) is 9.56. The lowest BCUT2D eigenvalue weighted by Gasteiger charge is -2.64. The first kappa shape index (κ1) is 17.9. The lowest BCUT2D eigenvalue weighted by molar-refractivity contribution is -0.235. The SMILES string of the molecule is C[C@]12CC[C@H](O)C[C@H]1CC[C@@H]1[C@@H]2CC[C@]2(C)[C@](O)(CC=O)CC[C@]12O. The third-order valence-electron chi connectivity index (χ3n) is 9.56. The van der Waals surface area contributed by atoms with Gasteiger partial charge in [0, 0.05) is 11.8 Å². The Kier molecular flexibility index (Phi) is 3.97. The lowest BCUT2D eigenvalue weighted by Crippen LogP contribution is -2.65. The Balaban J connectivity index is 1.68. The minimum absolute atomic E-state index is 0.134. The first-order valence-corrected chi connectivity index (χ1v) is 10.3. The summed E-state index contributed by atoms with van der Waals surface area (Å²) < 4.78 is 0. The molecule has 0 aromatic rings. The highest BCUT2D eigenvalue weighted by Gasteiger charge is 2.71. The summed E-state index contributed by atoms with van der Waals surface area (Å²) in [5.41, 5.74) is -2.31. The number of hydrogen-bond acceptors (Lipinski definition) is 4. The van der Waals surface area contributed by atoms with Gasteiger partial charge in [0.25, 0.3) is 0 Å². The number of hydrogen-bond donors (Lipinski definition) is 3. The molecular formula is C21H34O4. The Morgan fingerprint density at radius 3 is 2.44 bits per heavy atom. The predicted octanol–water partition coefficient (Wildman–Crippen LogP) is 2.83. The van der Waals surface area contributed by atoms with Gasteiger partial charge in [-0.3, -0.25) is 0 Å². The Bertz CT molecular complexity index is 564. The molecule has 0 heterocycles. The number of carbonyl (C=O) groups excluding carboxylic acids is 1. The number of aliphatic hydroxyl groups is 3. The van der Waals surface area contributed by atoms with Crippen molar-refractivity contribution >= 4 is 6.29 Å². The van der Waals surface area contributed by atoms with Gasteiger partial charge in [0.1, 0.15) is 6.29 Å². The molecule has 0 spiro atoms. The predicted molar refractivity (Wildman–Crippen MR) is 94.8 cm³/mol. The summed E-state index contributed by atoms with van der Waals surface area (Å²) in [6, 6.07) is 0. The summed E-state index contributed by atoms with van der Waals surface area (Å²) in [6.07, 6.45) is 8.64. The van der Waals surface area contributed by atoms with Crippen molar-refractivity contribution in [2.24, 2.45) is 28.6 Å². The number of aliphatic hydroxyl groups excluding tert-OH is 1. The van der Waals surface area contributed by atoms with Gasteiger partial charge >= 0.3 is 0 Å². The van der Waals surface area contributed by atoms with Crippen LogP contribution in [-0.4, -0.2) is 38.9 Å². The van der Waals surface area contributed by atoms with E-state index in [1.807, 2.05) is 6.92 Å². The van der Waals surface area contributed by atoms with E-state index in [0.29, 0.717) is 24.7 Å². The van der Waals surface area contributed by atoms with Crippen LogP contribution in [0.15, 0.2) is 0 Å². The minimum atomic E-state index is -1.06. The fraction of sp³-hybridized carbons (Fsp3) is 0.952. The van der Waals surface area contributed by atoms with Crippen LogP contribution in [0, 0.1) is 28.6 Å². The number of carbonyl (C=O) groups is 1. The molecule has 0 bridgehead atoms. The quantitative estimate of drug-likeness (QED) is 0.669. The fourth-order valence-corrected chi connectivity index (χ4v) is 7.78. The van der Waals surface area contributed by atoms with Crippen LogP contribution in [0.5, 0.6) is 0 Å². The van der Waals surface area contributed by atoms with Crippen LogP contribution < -0.4 is 0 Å². The molecule has 4 rings (SSSR count). The largest absolute Gasteiger partial charge is 0.393 e. The van der Waals surface area contributed by atoms with Crippen molar-refractivity contribution in [2.75, 3.05) is 0 Å². The van der Waals surface area contributed by atoms with Gasteiger partial charge in [-0.15, -0.1) is 0 Å². The first-order valence-electron chi connectivity index (χ1n) is 10.3.